The van der Waals surface area contributed by atoms with E-state index in [1.165, 1.54) is 18.2 Å². The van der Waals surface area contributed by atoms with Crippen molar-refractivity contribution in [3.63, 3.8) is 0 Å². The van der Waals surface area contributed by atoms with Crippen molar-refractivity contribution in [1.29, 1.82) is 0 Å². The molecule has 254 valence electrons. The average molecular weight is 667 g/mol. The highest BCUT2D eigenvalue weighted by Gasteiger charge is 2.65. The lowest BCUT2D eigenvalue weighted by Gasteiger charge is -2.48. The molecule has 0 spiro atoms. The molecule has 14 heteroatoms. The Bertz CT molecular complexity index is 1790. The van der Waals surface area contributed by atoms with E-state index in [4.69, 9.17) is 28.4 Å². The standard InChI is InChI=1S/C34H34O14/c1-14-11-19(36)26-28(40)18-7-6-8-22(45-16(3)35)34(18,32(42)44-5)48-29(26)24(14)17-9-10-21-25(27(17)39)20(37)13-33(47-21,31(41)43-4)30-15(2)12-23(38)46-30/h9-11,15,18,22,30,36,39H,6-8,12-13H2,1-5H3/t15-,18?,22-,30-,33+,34-/m1/s1. The molecule has 0 bridgehead atoms. The zero-order valence-electron chi connectivity index (χ0n) is 26.9. The van der Waals surface area contributed by atoms with Crippen LogP contribution >= 0.6 is 0 Å². The smallest absolute Gasteiger partial charge is 0.354 e. The molecule has 1 unspecified atom stereocenters. The summed E-state index contributed by atoms with van der Waals surface area (Å²) in [6.45, 7) is 4.39. The highest BCUT2D eigenvalue weighted by atomic mass is 16.6. The Hall–Kier alpha value is -5.14. The Morgan fingerprint density at radius 2 is 1.67 bits per heavy atom. The Kier molecular flexibility index (Phi) is 7.87. The first-order valence-corrected chi connectivity index (χ1v) is 15.4. The second-order valence-corrected chi connectivity index (χ2v) is 12.6. The van der Waals surface area contributed by atoms with Crippen LogP contribution in [-0.2, 0) is 38.1 Å². The van der Waals surface area contributed by atoms with Crippen LogP contribution in [0.15, 0.2) is 18.2 Å². The Morgan fingerprint density at radius 3 is 2.29 bits per heavy atom. The Balaban J connectivity index is 1.53. The van der Waals surface area contributed by atoms with Gasteiger partial charge in [-0.15, -0.1) is 0 Å². The fourth-order valence-electron chi connectivity index (χ4n) is 7.71. The molecule has 0 radical (unpaired) electrons. The van der Waals surface area contributed by atoms with Crippen LogP contribution in [-0.4, -0.2) is 83.3 Å². The predicted octanol–water partition coefficient (Wildman–Crippen LogP) is 3.12. The third-order valence-electron chi connectivity index (χ3n) is 9.72. The molecule has 1 saturated carbocycles. The first-order chi connectivity index (χ1) is 22.7. The maximum absolute atomic E-state index is 14.1. The van der Waals surface area contributed by atoms with E-state index in [1.807, 2.05) is 0 Å². The highest BCUT2D eigenvalue weighted by molar-refractivity contribution is 6.12. The molecule has 1 aliphatic carbocycles. The van der Waals surface area contributed by atoms with Crippen molar-refractivity contribution < 1.29 is 67.4 Å². The van der Waals surface area contributed by atoms with Gasteiger partial charge in [-0.25, -0.2) is 9.59 Å². The molecular weight excluding hydrogens is 632 g/mol. The summed E-state index contributed by atoms with van der Waals surface area (Å²) in [5, 5.41) is 22.7. The van der Waals surface area contributed by atoms with Crippen molar-refractivity contribution in [3.05, 3.63) is 34.9 Å². The normalized spacial score (nSPS) is 28.9. The van der Waals surface area contributed by atoms with E-state index >= 15 is 0 Å². The van der Waals surface area contributed by atoms with Crippen molar-refractivity contribution in [2.24, 2.45) is 11.8 Å². The number of hydrogen-bond acceptors (Lipinski definition) is 14. The molecule has 4 aliphatic rings. The molecule has 1 saturated heterocycles. The number of cyclic esters (lactones) is 1. The number of phenolic OH excluding ortho intramolecular Hbond substituents is 2. The summed E-state index contributed by atoms with van der Waals surface area (Å²) in [5.41, 5.74) is -4.38. The van der Waals surface area contributed by atoms with Gasteiger partial charge < -0.3 is 38.6 Å². The van der Waals surface area contributed by atoms with Crippen molar-refractivity contribution in [2.75, 3.05) is 14.2 Å². The molecule has 6 atom stereocenters. The molecule has 14 nitrogen and oxygen atoms in total. The van der Waals surface area contributed by atoms with Crippen LogP contribution < -0.4 is 9.47 Å². The summed E-state index contributed by atoms with van der Waals surface area (Å²) in [6.07, 6.45) is -2.26. The van der Waals surface area contributed by atoms with Gasteiger partial charge in [0.15, 0.2) is 23.8 Å². The number of ether oxygens (including phenoxy) is 6. The molecule has 3 aliphatic heterocycles. The fourth-order valence-corrected chi connectivity index (χ4v) is 7.71. The van der Waals surface area contributed by atoms with Gasteiger partial charge in [-0.2, -0.15) is 0 Å². The average Bonchev–Trinajstić information content (AvgIpc) is 3.38. The van der Waals surface area contributed by atoms with E-state index in [9.17, 15) is 39.0 Å². The molecule has 48 heavy (non-hydrogen) atoms. The van der Waals surface area contributed by atoms with Gasteiger partial charge in [-0.1, -0.05) is 6.92 Å². The first kappa shape index (κ1) is 32.8. The van der Waals surface area contributed by atoms with Crippen molar-refractivity contribution in [1.82, 2.24) is 0 Å². The molecule has 0 aromatic heterocycles. The van der Waals surface area contributed by atoms with Gasteiger partial charge in [0, 0.05) is 24.0 Å². The molecular formula is C34H34O14. The second kappa shape index (κ2) is 11.5. The van der Waals surface area contributed by atoms with E-state index in [0.717, 1.165) is 21.1 Å². The van der Waals surface area contributed by atoms with Crippen LogP contribution in [0.5, 0.6) is 23.0 Å². The van der Waals surface area contributed by atoms with Crippen molar-refractivity contribution in [3.8, 4) is 34.1 Å². The van der Waals surface area contributed by atoms with Crippen LogP contribution in [0.4, 0.5) is 0 Å². The van der Waals surface area contributed by atoms with Gasteiger partial charge in [-0.05, 0) is 49.9 Å². The molecule has 2 fully saturated rings. The number of carbonyl (C=O) groups is 6. The molecule has 2 N–H and O–H groups in total. The summed E-state index contributed by atoms with van der Waals surface area (Å²) in [6, 6.07) is 3.97. The van der Waals surface area contributed by atoms with Crippen LogP contribution in [0.1, 0.15) is 72.2 Å². The molecule has 2 aromatic carbocycles. The number of aryl methyl sites for hydroxylation is 1. The van der Waals surface area contributed by atoms with E-state index in [-0.39, 0.29) is 58.6 Å². The predicted molar refractivity (Wildman–Crippen MR) is 161 cm³/mol. The second-order valence-electron chi connectivity index (χ2n) is 12.6. The Morgan fingerprint density at radius 1 is 0.958 bits per heavy atom. The lowest BCUT2D eigenvalue weighted by Crippen LogP contribution is -2.66. The number of esters is 4. The number of carbonyl (C=O) groups excluding carboxylic acids is 6. The van der Waals surface area contributed by atoms with E-state index in [2.05, 4.69) is 0 Å². The van der Waals surface area contributed by atoms with Crippen molar-refractivity contribution in [2.45, 2.75) is 76.3 Å². The van der Waals surface area contributed by atoms with Gasteiger partial charge in [-0.3, -0.25) is 19.2 Å². The van der Waals surface area contributed by atoms with Gasteiger partial charge in [0.25, 0.3) is 5.60 Å². The number of phenols is 2. The lowest BCUT2D eigenvalue weighted by atomic mass is 9.67. The maximum Gasteiger partial charge on any atom is 0.354 e. The van der Waals surface area contributed by atoms with Gasteiger partial charge in [0.2, 0.25) is 5.60 Å². The largest absolute Gasteiger partial charge is 0.507 e. The van der Waals surface area contributed by atoms with Crippen molar-refractivity contribution >= 4 is 35.4 Å². The van der Waals surface area contributed by atoms with E-state index in [1.54, 1.807) is 13.8 Å². The molecule has 3 heterocycles. The third kappa shape index (κ3) is 4.60. The quantitative estimate of drug-likeness (QED) is 0.348. The van der Waals surface area contributed by atoms with E-state index < -0.39 is 88.6 Å². The number of Topliss-reactive ketones (excluding diaryl/α,β-unsaturated/α-hetero) is 2. The number of fused-ring (bicyclic) bond motifs is 3. The van der Waals surface area contributed by atoms with Gasteiger partial charge >= 0.3 is 23.9 Å². The minimum absolute atomic E-state index is 0.00575. The maximum atomic E-state index is 14.1. The number of benzene rings is 2. The SMILES string of the molecule is COC(=O)[C@@]12Oc3c(c(O)cc(C)c3-c3ccc4c(c3O)C(=O)C[C@@](C(=O)OC)([C@@H]3OC(=O)C[C@H]3C)O4)C(=O)C1CCC[C@H]2OC(C)=O. The summed E-state index contributed by atoms with van der Waals surface area (Å²) in [4.78, 5) is 78.9. The zero-order chi connectivity index (χ0) is 34.9. The monoisotopic (exact) mass is 666 g/mol. The number of hydrogen-bond donors (Lipinski definition) is 2. The highest BCUT2D eigenvalue weighted by Crippen LogP contribution is 2.55. The lowest BCUT2D eigenvalue weighted by molar-refractivity contribution is -0.193. The molecule has 0 amide bonds. The van der Waals surface area contributed by atoms with Crippen LogP contribution in [0.2, 0.25) is 0 Å². The van der Waals surface area contributed by atoms with Gasteiger partial charge in [0.05, 0.1) is 33.0 Å². The fraction of sp³-hybridized carbons (Fsp3) is 0.471. The van der Waals surface area contributed by atoms with Crippen LogP contribution in [0, 0.1) is 18.8 Å². The van der Waals surface area contributed by atoms with E-state index in [0.29, 0.717) is 6.42 Å². The Labute approximate surface area is 274 Å². The summed E-state index contributed by atoms with van der Waals surface area (Å²) < 4.78 is 33.6. The molecule has 6 rings (SSSR count). The number of aromatic hydroxyl groups is 2. The first-order valence-electron chi connectivity index (χ1n) is 15.4. The number of rotatable bonds is 5. The molecule has 2 aromatic rings. The minimum atomic E-state index is -2.12. The van der Waals surface area contributed by atoms with Crippen LogP contribution in [0.3, 0.4) is 0 Å². The zero-order valence-corrected chi connectivity index (χ0v) is 26.9. The van der Waals surface area contributed by atoms with Gasteiger partial charge in [0.1, 0.15) is 34.1 Å². The summed E-state index contributed by atoms with van der Waals surface area (Å²) >= 11 is 0. The number of ketones is 2. The summed E-state index contributed by atoms with van der Waals surface area (Å²) in [7, 11) is 2.21. The van der Waals surface area contributed by atoms with Crippen LogP contribution in [0.25, 0.3) is 11.1 Å². The summed E-state index contributed by atoms with van der Waals surface area (Å²) in [5.74, 6) is -7.77. The number of methoxy groups -OCH3 is 2. The third-order valence-corrected chi connectivity index (χ3v) is 9.72. The minimum Gasteiger partial charge on any atom is -0.507 e. The topological polar surface area (TPSA) is 198 Å².